The Bertz CT molecular complexity index is 1380. The zero-order valence-electron chi connectivity index (χ0n) is 27.6. The summed E-state index contributed by atoms with van der Waals surface area (Å²) < 4.78 is 0. The summed E-state index contributed by atoms with van der Waals surface area (Å²) in [6.07, 6.45) is 6.53. The maximum Gasteiger partial charge on any atom is 2.00 e. The Labute approximate surface area is 306 Å². The van der Waals surface area contributed by atoms with Gasteiger partial charge < -0.3 is 40.6 Å². The van der Waals surface area contributed by atoms with Gasteiger partial charge in [-0.25, -0.2) is 0 Å². The van der Waals surface area contributed by atoms with Crippen molar-refractivity contribution >= 4 is 47.0 Å². The van der Waals surface area contributed by atoms with Gasteiger partial charge in [-0.05, 0) is 87.4 Å². The van der Waals surface area contributed by atoms with Crippen molar-refractivity contribution in [3.05, 3.63) is 130 Å². The van der Waals surface area contributed by atoms with Crippen molar-refractivity contribution in [2.45, 2.75) is 27.7 Å². The van der Waals surface area contributed by atoms with Gasteiger partial charge in [0.15, 0.2) is 0 Å². The van der Waals surface area contributed by atoms with Crippen LogP contribution in [0.5, 0.6) is 0 Å². The van der Waals surface area contributed by atoms with Crippen molar-refractivity contribution < 1.29 is 57.4 Å². The summed E-state index contributed by atoms with van der Waals surface area (Å²) in [5.41, 5.74) is 1.60. The molecule has 0 unspecified atom stereocenters. The second-order valence-corrected chi connectivity index (χ2v) is 9.90. The molecule has 15 heteroatoms. The van der Waals surface area contributed by atoms with E-state index >= 15 is 0 Å². The monoisotopic (exact) mass is 759 g/mol. The van der Waals surface area contributed by atoms with Gasteiger partial charge >= 0.3 is 17.1 Å². The molecule has 2 aromatic heterocycles. The van der Waals surface area contributed by atoms with Crippen LogP contribution in [0.4, 0.5) is 0 Å². The van der Waals surface area contributed by atoms with Gasteiger partial charge in [-0.3, -0.25) is 19.6 Å². The molecule has 1 radical (unpaired) electrons. The molecule has 6 N–H and O–H groups in total. The van der Waals surface area contributed by atoms with Crippen LogP contribution in [0, 0.1) is 0 Å². The number of carboxylic acids is 2. The summed E-state index contributed by atoms with van der Waals surface area (Å²) in [4.78, 5) is 55.1. The number of hydrogen-bond acceptors (Lipinski definition) is 8. The van der Waals surface area contributed by atoms with E-state index in [4.69, 9.17) is 23.2 Å². The Balaban J connectivity index is -0.000000568. The number of aromatic nitrogens is 2. The molecule has 2 heterocycles. The average molecular weight is 761 g/mol. The SMILES string of the molecule is CCN(CC)C(=O)c1cccnc1.CCN(CC)C(=O)c1cccnc1.O=C([O-])c1ccc(Cl)cc1.O=C([O-])c1ccc(Cl)cc1.[Mn+2].[OH3+].[OH3+]. The van der Waals surface area contributed by atoms with Crippen molar-refractivity contribution in [2.24, 2.45) is 0 Å². The van der Waals surface area contributed by atoms with E-state index in [1.807, 2.05) is 27.7 Å². The third-order valence-corrected chi connectivity index (χ3v) is 6.58. The van der Waals surface area contributed by atoms with Gasteiger partial charge in [0.05, 0.1) is 23.1 Å². The van der Waals surface area contributed by atoms with E-state index in [1.165, 1.54) is 48.5 Å². The summed E-state index contributed by atoms with van der Waals surface area (Å²) in [6, 6.07) is 18.7. The van der Waals surface area contributed by atoms with Crippen LogP contribution in [0.1, 0.15) is 69.1 Å². The molecule has 0 saturated heterocycles. The standard InChI is InChI=1S/2C10H14N2O.2C7H5ClO2.Mn.2H2O/c2*1-3-12(4-2)10(13)9-6-5-7-11-8-9;2*8-6-3-1-5(2-4-6)7(9)10;;;/h2*5-8H,3-4H2,1-2H3;2*1-4H,(H,9,10);;2*1H2/q;;;;+2;;. The van der Waals surface area contributed by atoms with Gasteiger partial charge in [-0.2, -0.15) is 0 Å². The molecule has 12 nitrogen and oxygen atoms in total. The fraction of sp³-hybridized carbons (Fsp3) is 0.235. The van der Waals surface area contributed by atoms with Crippen LogP contribution in [0.25, 0.3) is 0 Å². The third-order valence-electron chi connectivity index (χ3n) is 6.08. The van der Waals surface area contributed by atoms with Crippen molar-refractivity contribution in [1.82, 2.24) is 19.8 Å². The minimum absolute atomic E-state index is 0. The van der Waals surface area contributed by atoms with Gasteiger partial charge in [0, 0.05) is 61.0 Å². The number of halogens is 2. The van der Waals surface area contributed by atoms with Crippen LogP contribution in [0.2, 0.25) is 10.0 Å². The minimum atomic E-state index is -1.18. The number of amides is 2. The molecule has 265 valence electrons. The number of hydrogen-bond donors (Lipinski definition) is 0. The Morgan fingerprint density at radius 3 is 1.04 bits per heavy atom. The van der Waals surface area contributed by atoms with Gasteiger partial charge in [0.2, 0.25) is 0 Å². The number of carbonyl (C=O) groups is 4. The Morgan fingerprint density at radius 1 is 0.551 bits per heavy atom. The van der Waals surface area contributed by atoms with Gasteiger partial charge in [-0.15, -0.1) is 0 Å². The van der Waals surface area contributed by atoms with Crippen molar-refractivity contribution in [3.8, 4) is 0 Å². The molecule has 0 aliphatic heterocycles. The molecule has 0 fully saturated rings. The van der Waals surface area contributed by atoms with E-state index in [2.05, 4.69) is 9.97 Å². The van der Waals surface area contributed by atoms with Crippen LogP contribution in [-0.2, 0) is 28.0 Å². The van der Waals surface area contributed by atoms with E-state index in [-0.39, 0.29) is 51.0 Å². The number of pyridine rings is 2. The molecule has 2 amide bonds. The zero-order chi connectivity index (χ0) is 34.5. The second kappa shape index (κ2) is 27.6. The maximum absolute atomic E-state index is 11.7. The molecular weight excluding hydrogens is 718 g/mol. The largest absolute Gasteiger partial charge is 2.00 e. The third kappa shape index (κ3) is 18.7. The topological polar surface area (TPSA) is 213 Å². The Morgan fingerprint density at radius 2 is 0.837 bits per heavy atom. The van der Waals surface area contributed by atoms with Crippen LogP contribution in [0.15, 0.2) is 97.6 Å². The number of nitrogens with zero attached hydrogens (tertiary/aromatic N) is 4. The first-order chi connectivity index (χ1) is 22.0. The van der Waals surface area contributed by atoms with Gasteiger partial charge in [-0.1, -0.05) is 47.5 Å². The molecule has 49 heavy (non-hydrogen) atoms. The Hall–Kier alpha value is -4.36. The van der Waals surface area contributed by atoms with E-state index < -0.39 is 11.9 Å². The number of carboxylic acid groups (broad SMARTS) is 2. The van der Waals surface area contributed by atoms with Crippen molar-refractivity contribution in [2.75, 3.05) is 26.2 Å². The molecule has 0 bridgehead atoms. The minimum Gasteiger partial charge on any atom is -0.545 e. The van der Waals surface area contributed by atoms with Crippen LogP contribution in [-0.4, -0.2) is 69.7 Å². The maximum atomic E-state index is 11.7. The summed E-state index contributed by atoms with van der Waals surface area (Å²) in [5.74, 6) is -2.26. The first kappa shape index (κ1) is 49.0. The average Bonchev–Trinajstić information content (AvgIpc) is 3.08. The summed E-state index contributed by atoms with van der Waals surface area (Å²) >= 11 is 11.0. The molecule has 0 saturated carbocycles. The van der Waals surface area contributed by atoms with Gasteiger partial charge in [0.25, 0.3) is 11.8 Å². The van der Waals surface area contributed by atoms with E-state index in [1.54, 1.807) is 58.9 Å². The first-order valence-electron chi connectivity index (χ1n) is 14.3. The molecular formula is C34H42Cl2MnN4O8+2. The number of benzene rings is 2. The van der Waals surface area contributed by atoms with Crippen LogP contribution >= 0.6 is 23.2 Å². The fourth-order valence-electron chi connectivity index (χ4n) is 3.54. The van der Waals surface area contributed by atoms with E-state index in [9.17, 15) is 29.4 Å². The van der Waals surface area contributed by atoms with Crippen LogP contribution in [0.3, 0.4) is 0 Å². The van der Waals surface area contributed by atoms with Crippen molar-refractivity contribution in [1.29, 1.82) is 0 Å². The van der Waals surface area contributed by atoms with E-state index in [0.29, 0.717) is 21.2 Å². The molecule has 0 aliphatic carbocycles. The normalized spacial score (nSPS) is 8.94. The number of carbonyl (C=O) groups excluding carboxylic acids is 4. The fourth-order valence-corrected chi connectivity index (χ4v) is 3.79. The summed E-state index contributed by atoms with van der Waals surface area (Å²) in [5, 5.41) is 21.4. The quantitative estimate of drug-likeness (QED) is 0.192. The number of rotatable bonds is 8. The molecule has 4 aromatic rings. The second-order valence-electron chi connectivity index (χ2n) is 9.03. The molecule has 2 aromatic carbocycles. The molecule has 4 rings (SSSR count). The summed E-state index contributed by atoms with van der Waals surface area (Å²) in [7, 11) is 0. The summed E-state index contributed by atoms with van der Waals surface area (Å²) in [6.45, 7) is 10.8. The van der Waals surface area contributed by atoms with E-state index in [0.717, 1.165) is 26.2 Å². The molecule has 0 atom stereocenters. The van der Waals surface area contributed by atoms with Crippen LogP contribution < -0.4 is 10.2 Å². The molecule has 0 spiro atoms. The predicted molar refractivity (Wildman–Crippen MR) is 184 cm³/mol. The zero-order valence-corrected chi connectivity index (χ0v) is 30.3. The first-order valence-corrected chi connectivity index (χ1v) is 15.1. The molecule has 0 aliphatic rings. The van der Waals surface area contributed by atoms with Crippen molar-refractivity contribution in [3.63, 3.8) is 0 Å². The Kier molecular flexibility index (Phi) is 27.6. The number of aromatic carboxylic acids is 2. The smallest absolute Gasteiger partial charge is 0.545 e. The van der Waals surface area contributed by atoms with Gasteiger partial charge in [0.1, 0.15) is 0 Å². The predicted octanol–water partition coefficient (Wildman–Crippen LogP) is 2.69.